The van der Waals surface area contributed by atoms with Gasteiger partial charge in [-0.3, -0.25) is 14.7 Å². The normalized spacial score (nSPS) is 11.9. The van der Waals surface area contributed by atoms with Crippen molar-refractivity contribution in [1.29, 1.82) is 0 Å². The second kappa shape index (κ2) is 12.0. The van der Waals surface area contributed by atoms with Crippen LogP contribution >= 0.6 is 0 Å². The number of oxazole rings is 1. The first-order valence-electron chi connectivity index (χ1n) is 11.1. The number of pyridine rings is 1. The van der Waals surface area contributed by atoms with Gasteiger partial charge in [0.05, 0.1) is 20.8 Å². The summed E-state index contributed by atoms with van der Waals surface area (Å²) < 4.78 is 16.5. The average molecular weight is 453 g/mol. The van der Waals surface area contributed by atoms with Crippen LogP contribution in [0.1, 0.15) is 47.9 Å². The van der Waals surface area contributed by atoms with Gasteiger partial charge in [0.15, 0.2) is 5.69 Å². The highest BCUT2D eigenvalue weighted by Gasteiger charge is 2.20. The van der Waals surface area contributed by atoms with Crippen LogP contribution in [0, 0.1) is 0 Å². The van der Waals surface area contributed by atoms with Gasteiger partial charge >= 0.3 is 0 Å². The molecule has 1 atom stereocenters. The van der Waals surface area contributed by atoms with Crippen LogP contribution in [0.4, 0.5) is 0 Å². The number of nitrogens with zero attached hydrogens (tertiary/aromatic N) is 3. The first-order valence-corrected chi connectivity index (χ1v) is 11.1. The maximum absolute atomic E-state index is 12.5. The van der Waals surface area contributed by atoms with Crippen molar-refractivity contribution < 1.29 is 18.7 Å². The first-order chi connectivity index (χ1) is 16.0. The molecule has 0 saturated carbocycles. The molecule has 1 N–H and O–H groups in total. The van der Waals surface area contributed by atoms with E-state index in [9.17, 15) is 4.79 Å². The van der Waals surface area contributed by atoms with E-state index in [0.717, 1.165) is 29.2 Å². The summed E-state index contributed by atoms with van der Waals surface area (Å²) in [7, 11) is 3.31. The number of amides is 1. The van der Waals surface area contributed by atoms with Gasteiger partial charge < -0.3 is 19.2 Å². The van der Waals surface area contributed by atoms with E-state index in [1.807, 2.05) is 36.4 Å². The molecule has 33 heavy (non-hydrogen) atoms. The summed E-state index contributed by atoms with van der Waals surface area (Å²) in [4.78, 5) is 23.4. The summed E-state index contributed by atoms with van der Waals surface area (Å²) >= 11 is 0. The summed E-state index contributed by atoms with van der Waals surface area (Å²) in [5.74, 6) is 1.80. The molecular weight excluding hydrogens is 420 g/mol. The Morgan fingerprint density at radius 1 is 1.18 bits per heavy atom. The van der Waals surface area contributed by atoms with Crippen LogP contribution in [0.25, 0.3) is 0 Å². The van der Waals surface area contributed by atoms with Crippen molar-refractivity contribution in [3.63, 3.8) is 0 Å². The highest BCUT2D eigenvalue weighted by atomic mass is 16.5. The molecule has 1 amide bonds. The fourth-order valence-corrected chi connectivity index (χ4v) is 3.45. The third-order valence-corrected chi connectivity index (χ3v) is 5.59. The van der Waals surface area contributed by atoms with E-state index >= 15 is 0 Å². The van der Waals surface area contributed by atoms with Gasteiger partial charge in [-0.25, -0.2) is 4.98 Å². The van der Waals surface area contributed by atoms with Crippen molar-refractivity contribution in [3.8, 4) is 11.5 Å². The topological polar surface area (TPSA) is 89.7 Å². The summed E-state index contributed by atoms with van der Waals surface area (Å²) in [6.07, 6.45) is 4.76. The van der Waals surface area contributed by atoms with Crippen LogP contribution in [0.15, 0.2) is 53.3 Å². The number of methoxy groups -OCH3 is 2. The number of carbonyl (C=O) groups excluding carboxylic acids is 1. The minimum absolute atomic E-state index is 0.259. The van der Waals surface area contributed by atoms with Gasteiger partial charge in [-0.05, 0) is 43.7 Å². The zero-order valence-corrected chi connectivity index (χ0v) is 19.7. The van der Waals surface area contributed by atoms with Crippen molar-refractivity contribution >= 4 is 5.91 Å². The monoisotopic (exact) mass is 452 g/mol. The fourth-order valence-electron chi connectivity index (χ4n) is 3.45. The molecule has 2 aromatic heterocycles. The SMILES string of the molecule is CCC(C)N(Cc1nc(C(=O)NCCc2ccccn2)co1)Cc1cc(OC)ccc1OC. The van der Waals surface area contributed by atoms with E-state index in [0.29, 0.717) is 31.9 Å². The van der Waals surface area contributed by atoms with Crippen LogP contribution in [-0.2, 0) is 19.5 Å². The quantitative estimate of drug-likeness (QED) is 0.446. The lowest BCUT2D eigenvalue weighted by Crippen LogP contribution is -2.32. The molecule has 1 aromatic carbocycles. The number of carbonyl (C=O) groups is 1. The Morgan fingerprint density at radius 3 is 2.73 bits per heavy atom. The van der Waals surface area contributed by atoms with Gasteiger partial charge in [-0.2, -0.15) is 0 Å². The Morgan fingerprint density at radius 2 is 2.03 bits per heavy atom. The number of ether oxygens (including phenoxy) is 2. The standard InChI is InChI=1S/C25H32N4O4/c1-5-18(2)29(15-19-14-21(31-3)9-10-23(19)32-4)16-24-28-22(17-33-24)25(30)27-13-11-20-8-6-7-12-26-20/h6-10,12,14,17-18H,5,11,13,15-16H2,1-4H3,(H,27,30). The molecule has 8 heteroatoms. The predicted molar refractivity (Wildman–Crippen MR) is 125 cm³/mol. The van der Waals surface area contributed by atoms with E-state index in [1.54, 1.807) is 20.4 Å². The lowest BCUT2D eigenvalue weighted by molar-refractivity contribution is 0.0949. The molecule has 2 heterocycles. The predicted octanol–water partition coefficient (Wildman–Crippen LogP) is 3.86. The Bertz CT molecular complexity index is 1020. The van der Waals surface area contributed by atoms with Crippen LogP contribution < -0.4 is 14.8 Å². The molecule has 0 fully saturated rings. The van der Waals surface area contributed by atoms with Gasteiger partial charge in [0.1, 0.15) is 17.8 Å². The van der Waals surface area contributed by atoms with E-state index in [-0.39, 0.29) is 17.6 Å². The molecule has 8 nitrogen and oxygen atoms in total. The molecule has 0 aliphatic heterocycles. The number of hydrogen-bond donors (Lipinski definition) is 1. The lowest BCUT2D eigenvalue weighted by Gasteiger charge is -2.28. The number of nitrogens with one attached hydrogen (secondary N) is 1. The Hall–Kier alpha value is -3.39. The number of rotatable bonds is 12. The van der Waals surface area contributed by atoms with Gasteiger partial charge in [-0.1, -0.05) is 13.0 Å². The van der Waals surface area contributed by atoms with Crippen LogP contribution in [0.2, 0.25) is 0 Å². The van der Waals surface area contributed by atoms with Crippen LogP contribution in [0.5, 0.6) is 11.5 Å². The number of benzene rings is 1. The van der Waals surface area contributed by atoms with E-state index in [1.165, 1.54) is 6.26 Å². The van der Waals surface area contributed by atoms with Crippen LogP contribution in [-0.4, -0.2) is 47.6 Å². The highest BCUT2D eigenvalue weighted by molar-refractivity contribution is 5.91. The van der Waals surface area contributed by atoms with Crippen molar-refractivity contribution in [2.45, 2.75) is 45.8 Å². The third kappa shape index (κ3) is 6.79. The van der Waals surface area contributed by atoms with Gasteiger partial charge in [0.25, 0.3) is 5.91 Å². The molecular formula is C25H32N4O4. The Labute approximate surface area is 194 Å². The van der Waals surface area contributed by atoms with Crippen molar-refractivity contribution in [3.05, 3.63) is 71.7 Å². The minimum atomic E-state index is -0.259. The molecule has 3 aromatic rings. The smallest absolute Gasteiger partial charge is 0.273 e. The Kier molecular flexibility index (Phi) is 8.83. The van der Waals surface area contributed by atoms with Gasteiger partial charge in [0, 0.05) is 43.0 Å². The molecule has 3 rings (SSSR count). The molecule has 0 radical (unpaired) electrons. The zero-order chi connectivity index (χ0) is 23.6. The Balaban J connectivity index is 1.64. The van der Waals surface area contributed by atoms with Crippen LogP contribution in [0.3, 0.4) is 0 Å². The third-order valence-electron chi connectivity index (χ3n) is 5.59. The average Bonchev–Trinajstić information content (AvgIpc) is 3.32. The second-order valence-corrected chi connectivity index (χ2v) is 7.79. The van der Waals surface area contributed by atoms with E-state index in [2.05, 4.69) is 34.0 Å². The molecule has 0 spiro atoms. The molecule has 0 aliphatic rings. The van der Waals surface area contributed by atoms with Crippen molar-refractivity contribution in [2.24, 2.45) is 0 Å². The molecule has 0 aliphatic carbocycles. The van der Waals surface area contributed by atoms with Crippen molar-refractivity contribution in [1.82, 2.24) is 20.2 Å². The maximum Gasteiger partial charge on any atom is 0.273 e. The largest absolute Gasteiger partial charge is 0.497 e. The van der Waals surface area contributed by atoms with Gasteiger partial charge in [-0.15, -0.1) is 0 Å². The zero-order valence-electron chi connectivity index (χ0n) is 19.7. The van der Waals surface area contributed by atoms with Gasteiger partial charge in [0.2, 0.25) is 5.89 Å². The first kappa shape index (κ1) is 24.3. The van der Waals surface area contributed by atoms with E-state index < -0.39 is 0 Å². The fraction of sp³-hybridized carbons (Fsp3) is 0.400. The number of aromatic nitrogens is 2. The highest BCUT2D eigenvalue weighted by Crippen LogP contribution is 2.27. The molecule has 0 saturated heterocycles. The summed E-state index contributed by atoms with van der Waals surface area (Å²) in [6, 6.07) is 11.8. The second-order valence-electron chi connectivity index (χ2n) is 7.79. The minimum Gasteiger partial charge on any atom is -0.497 e. The number of hydrogen-bond acceptors (Lipinski definition) is 7. The molecule has 176 valence electrons. The molecule has 1 unspecified atom stereocenters. The lowest BCUT2D eigenvalue weighted by atomic mass is 10.1. The van der Waals surface area contributed by atoms with E-state index in [4.69, 9.17) is 13.9 Å². The molecule has 0 bridgehead atoms. The maximum atomic E-state index is 12.5. The summed E-state index contributed by atoms with van der Waals surface area (Å²) in [5.41, 5.74) is 2.21. The summed E-state index contributed by atoms with van der Waals surface area (Å²) in [6.45, 7) is 5.87. The summed E-state index contributed by atoms with van der Waals surface area (Å²) in [5, 5.41) is 2.87. The van der Waals surface area contributed by atoms with Crippen molar-refractivity contribution in [2.75, 3.05) is 20.8 Å².